The minimum Gasteiger partial charge on any atom is -0.305 e. The van der Waals surface area contributed by atoms with E-state index in [0.717, 1.165) is 100 Å². The Hall–Kier alpha value is -8.89. The highest BCUT2D eigenvalue weighted by molar-refractivity contribution is 6.13. The Labute approximate surface area is 371 Å². The number of benzene rings is 5. The summed E-state index contributed by atoms with van der Waals surface area (Å²) >= 11 is 0. The molecule has 65 heavy (non-hydrogen) atoms. The first-order chi connectivity index (χ1) is 32.1. The van der Waals surface area contributed by atoms with Gasteiger partial charge in [0.2, 0.25) is 0 Å². The number of para-hydroxylation sites is 2. The number of pyridine rings is 4. The van der Waals surface area contributed by atoms with Gasteiger partial charge in [-0.15, -0.1) is 0 Å². The van der Waals surface area contributed by atoms with Crippen LogP contribution in [0.15, 0.2) is 183 Å². The van der Waals surface area contributed by atoms with Crippen molar-refractivity contribution >= 4 is 65.9 Å². The van der Waals surface area contributed by atoms with Crippen molar-refractivity contribution in [1.29, 1.82) is 0 Å². The highest BCUT2D eigenvalue weighted by Crippen LogP contribution is 2.45. The van der Waals surface area contributed by atoms with Crippen LogP contribution in [0.3, 0.4) is 0 Å². The number of nitrogens with zero attached hydrogens (tertiary/aromatic N) is 10. The molecule has 0 atom stereocenters. The lowest BCUT2D eigenvalue weighted by Crippen LogP contribution is -2.11. The van der Waals surface area contributed by atoms with Gasteiger partial charge in [0.05, 0.1) is 50.2 Å². The standard InChI is InChI=1S/C55H36N10/c1-33-15-9-21-38-39-22-10-16-34(2)51(39)65(50(33)38)52-44(63-40-23-11-27-56-46(40)47-41(63)24-12-28-57-47)31-37(32-45(52)64-42-25-13-29-58-48(42)49-43(64)26-14-30-59-49)55-61-53(35-17-5-3-6-18-35)60-54(62-55)36-19-7-4-8-20-36/h3-32H,1-2H3. The molecule has 8 aromatic heterocycles. The summed E-state index contributed by atoms with van der Waals surface area (Å²) in [6, 6.07) is 54.3. The van der Waals surface area contributed by atoms with Crippen LogP contribution < -0.4 is 0 Å². The monoisotopic (exact) mass is 836 g/mol. The minimum absolute atomic E-state index is 0.523. The molecule has 0 bridgehead atoms. The second kappa shape index (κ2) is 14.3. The molecule has 0 radical (unpaired) electrons. The summed E-state index contributed by atoms with van der Waals surface area (Å²) in [5.41, 5.74) is 16.7. The first kappa shape index (κ1) is 36.7. The zero-order valence-corrected chi connectivity index (χ0v) is 35.3. The quantitative estimate of drug-likeness (QED) is 0.164. The average Bonchev–Trinajstić information content (AvgIpc) is 4.01. The summed E-state index contributed by atoms with van der Waals surface area (Å²) in [5.74, 6) is 1.67. The fourth-order valence-electron chi connectivity index (χ4n) is 9.74. The molecule has 0 N–H and O–H groups in total. The fourth-order valence-corrected chi connectivity index (χ4v) is 9.74. The highest BCUT2D eigenvalue weighted by Gasteiger charge is 2.28. The van der Waals surface area contributed by atoms with Gasteiger partial charge in [-0.05, 0) is 85.6 Å². The van der Waals surface area contributed by atoms with E-state index in [-0.39, 0.29) is 0 Å². The molecule has 13 aromatic rings. The molecule has 10 nitrogen and oxygen atoms in total. The summed E-state index contributed by atoms with van der Waals surface area (Å²) in [7, 11) is 0. The van der Waals surface area contributed by atoms with Crippen LogP contribution in [0.25, 0.3) is 117 Å². The van der Waals surface area contributed by atoms with Crippen molar-refractivity contribution in [3.05, 3.63) is 194 Å². The maximum atomic E-state index is 5.32. The fraction of sp³-hybridized carbons (Fsp3) is 0.0364. The zero-order chi connectivity index (χ0) is 43.2. The van der Waals surface area contributed by atoms with Gasteiger partial charge in [0.25, 0.3) is 0 Å². The van der Waals surface area contributed by atoms with E-state index in [0.29, 0.717) is 17.5 Å². The van der Waals surface area contributed by atoms with Gasteiger partial charge >= 0.3 is 0 Å². The average molecular weight is 837 g/mol. The second-order valence-corrected chi connectivity index (χ2v) is 16.3. The van der Waals surface area contributed by atoms with Crippen molar-refractivity contribution in [2.75, 3.05) is 0 Å². The Balaban J connectivity index is 1.28. The molecule has 0 amide bonds. The van der Waals surface area contributed by atoms with Crippen molar-refractivity contribution in [1.82, 2.24) is 48.6 Å². The number of aryl methyl sites for hydroxylation is 2. The van der Waals surface area contributed by atoms with Crippen molar-refractivity contribution < 1.29 is 0 Å². The first-order valence-electron chi connectivity index (χ1n) is 21.6. The predicted octanol–water partition coefficient (Wildman–Crippen LogP) is 12.4. The Morgan fingerprint density at radius 2 is 0.708 bits per heavy atom. The van der Waals surface area contributed by atoms with E-state index in [1.165, 1.54) is 10.8 Å². The van der Waals surface area contributed by atoms with Gasteiger partial charge in [-0.2, -0.15) is 0 Å². The molecule has 8 heterocycles. The Kier molecular flexibility index (Phi) is 8.10. The molecule has 0 saturated carbocycles. The second-order valence-electron chi connectivity index (χ2n) is 16.3. The molecule has 10 heteroatoms. The molecule has 0 aliphatic heterocycles. The summed E-state index contributed by atoms with van der Waals surface area (Å²) in [6.45, 7) is 4.40. The Bertz CT molecular complexity index is 3680. The van der Waals surface area contributed by atoms with Crippen LogP contribution in [0.4, 0.5) is 0 Å². The van der Waals surface area contributed by atoms with E-state index in [2.05, 4.69) is 100 Å². The molecule has 0 aliphatic rings. The first-order valence-corrected chi connectivity index (χ1v) is 21.6. The summed E-state index contributed by atoms with van der Waals surface area (Å²) in [4.78, 5) is 35.5. The zero-order valence-electron chi connectivity index (χ0n) is 35.3. The largest absolute Gasteiger partial charge is 0.305 e. The molecule has 306 valence electrons. The van der Waals surface area contributed by atoms with Gasteiger partial charge in [0.15, 0.2) is 17.5 Å². The summed E-state index contributed by atoms with van der Waals surface area (Å²) in [6.07, 6.45) is 7.34. The number of aromatic nitrogens is 10. The third-order valence-electron chi connectivity index (χ3n) is 12.5. The summed E-state index contributed by atoms with van der Waals surface area (Å²) < 4.78 is 7.09. The number of rotatable bonds is 6. The molecule has 5 aromatic carbocycles. The molecule has 0 saturated heterocycles. The number of hydrogen-bond acceptors (Lipinski definition) is 7. The van der Waals surface area contributed by atoms with E-state index >= 15 is 0 Å². The third kappa shape index (κ3) is 5.57. The molecule has 0 spiro atoms. The van der Waals surface area contributed by atoms with Crippen molar-refractivity contribution in [3.63, 3.8) is 0 Å². The van der Waals surface area contributed by atoms with Crippen molar-refractivity contribution in [3.8, 4) is 51.2 Å². The minimum atomic E-state index is 0.523. The predicted molar refractivity (Wildman–Crippen MR) is 260 cm³/mol. The lowest BCUT2D eigenvalue weighted by Gasteiger charge is -2.24. The van der Waals surface area contributed by atoms with Gasteiger partial charge in [-0.3, -0.25) is 19.9 Å². The van der Waals surface area contributed by atoms with Crippen LogP contribution in [0.5, 0.6) is 0 Å². The van der Waals surface area contributed by atoms with Crippen LogP contribution in [-0.4, -0.2) is 48.6 Å². The van der Waals surface area contributed by atoms with Gasteiger partial charge in [-0.1, -0.05) is 97.1 Å². The van der Waals surface area contributed by atoms with E-state index in [1.807, 2.05) is 110 Å². The molecular weight excluding hydrogens is 801 g/mol. The van der Waals surface area contributed by atoms with E-state index in [4.69, 9.17) is 34.9 Å². The van der Waals surface area contributed by atoms with E-state index < -0.39 is 0 Å². The maximum Gasteiger partial charge on any atom is 0.164 e. The molecule has 0 aliphatic carbocycles. The Morgan fingerprint density at radius 1 is 0.338 bits per heavy atom. The third-order valence-corrected chi connectivity index (χ3v) is 12.5. The number of fused-ring (bicyclic) bond motifs is 9. The van der Waals surface area contributed by atoms with Crippen LogP contribution >= 0.6 is 0 Å². The van der Waals surface area contributed by atoms with Crippen LogP contribution in [0.1, 0.15) is 11.1 Å². The highest BCUT2D eigenvalue weighted by atomic mass is 15.1. The lowest BCUT2D eigenvalue weighted by molar-refractivity contribution is 1.03. The number of hydrogen-bond donors (Lipinski definition) is 0. The van der Waals surface area contributed by atoms with Crippen LogP contribution in [0.2, 0.25) is 0 Å². The van der Waals surface area contributed by atoms with Gasteiger partial charge in [-0.25, -0.2) is 15.0 Å². The molecule has 0 fully saturated rings. The van der Waals surface area contributed by atoms with E-state index in [1.54, 1.807) is 0 Å². The van der Waals surface area contributed by atoms with E-state index in [9.17, 15) is 0 Å². The smallest absolute Gasteiger partial charge is 0.164 e. The van der Waals surface area contributed by atoms with Gasteiger partial charge in [0, 0.05) is 52.3 Å². The molecule has 13 rings (SSSR count). The van der Waals surface area contributed by atoms with Crippen molar-refractivity contribution in [2.45, 2.75) is 13.8 Å². The van der Waals surface area contributed by atoms with Gasteiger partial charge in [0.1, 0.15) is 22.1 Å². The normalized spacial score (nSPS) is 11.8. The Morgan fingerprint density at radius 3 is 1.09 bits per heavy atom. The van der Waals surface area contributed by atoms with Crippen LogP contribution in [0, 0.1) is 13.8 Å². The SMILES string of the molecule is Cc1cccc2c3cccc(C)c3n(-c3c(-n4c5cccnc5c5ncccc54)cc(-c4nc(-c5ccccc5)nc(-c5ccccc5)n4)cc3-n3c4cccnc4c4ncccc43)c12. The van der Waals surface area contributed by atoms with Gasteiger partial charge < -0.3 is 13.7 Å². The molecule has 0 unspecified atom stereocenters. The summed E-state index contributed by atoms with van der Waals surface area (Å²) in [5, 5.41) is 2.33. The molecular formula is C55H36N10. The topological polar surface area (TPSA) is 105 Å². The van der Waals surface area contributed by atoms with Crippen LogP contribution in [-0.2, 0) is 0 Å². The lowest BCUT2D eigenvalue weighted by atomic mass is 10.1. The van der Waals surface area contributed by atoms with Crippen molar-refractivity contribution in [2.24, 2.45) is 0 Å². The maximum absolute atomic E-state index is 5.32.